The summed E-state index contributed by atoms with van der Waals surface area (Å²) in [6.45, 7) is 1.45. The van der Waals surface area contributed by atoms with Gasteiger partial charge in [-0.3, -0.25) is 0 Å². The molecule has 0 unspecified atom stereocenters. The Bertz CT molecular complexity index is 979. The van der Waals surface area contributed by atoms with E-state index < -0.39 is 36.2 Å². The van der Waals surface area contributed by atoms with E-state index in [1.165, 1.54) is 6.92 Å². The lowest BCUT2D eigenvalue weighted by Crippen LogP contribution is -2.20. The summed E-state index contributed by atoms with van der Waals surface area (Å²) in [4.78, 5) is 0. The molecule has 0 N–H and O–H groups in total. The zero-order chi connectivity index (χ0) is 19.5. The van der Waals surface area contributed by atoms with Crippen LogP contribution in [0, 0.1) is 17.1 Å². The normalized spacial score (nSPS) is 25.6. The van der Waals surface area contributed by atoms with Gasteiger partial charge in [0.1, 0.15) is 12.0 Å². The molecule has 0 aromatic heterocycles. The van der Waals surface area contributed by atoms with Crippen LogP contribution in [0.3, 0.4) is 0 Å². The molecule has 3 atom stereocenters. The standard InChI is InChI=1S/C21H16ClF4N/c1-10-19-16(8-21(10,25)26)13(2-4-17(19)22)14-3-5-18(24)15-7-12(23)6-11(9-27)20(14)15/h2,4,6-7,10,14,18H,3,5,8H2,1H3/t10-,14+,18-/m0/s1. The van der Waals surface area contributed by atoms with Crippen molar-refractivity contribution < 1.29 is 17.6 Å². The number of nitrogens with zero attached hydrogens (tertiary/aromatic N) is 1. The molecule has 27 heavy (non-hydrogen) atoms. The third-order valence-corrected chi connectivity index (χ3v) is 6.22. The lowest BCUT2D eigenvalue weighted by atomic mass is 9.74. The third-order valence-electron chi connectivity index (χ3n) is 5.89. The predicted octanol–water partition coefficient (Wildman–Crippen LogP) is 6.58. The highest BCUT2D eigenvalue weighted by molar-refractivity contribution is 6.31. The second-order valence-electron chi connectivity index (χ2n) is 7.35. The van der Waals surface area contributed by atoms with Crippen LogP contribution in [0.5, 0.6) is 0 Å². The number of hydrogen-bond acceptors (Lipinski definition) is 1. The Balaban J connectivity index is 1.94. The fourth-order valence-corrected chi connectivity index (χ4v) is 4.89. The Labute approximate surface area is 159 Å². The maximum Gasteiger partial charge on any atom is 0.258 e. The highest BCUT2D eigenvalue weighted by Crippen LogP contribution is 2.52. The predicted molar refractivity (Wildman–Crippen MR) is 94.6 cm³/mol. The van der Waals surface area contributed by atoms with E-state index in [0.29, 0.717) is 28.7 Å². The second kappa shape index (κ2) is 6.24. The summed E-state index contributed by atoms with van der Waals surface area (Å²) in [6.07, 6.45) is -1.30. The number of rotatable bonds is 1. The first-order chi connectivity index (χ1) is 12.7. The van der Waals surface area contributed by atoms with E-state index in [0.717, 1.165) is 12.1 Å². The van der Waals surface area contributed by atoms with Crippen LogP contribution in [0.4, 0.5) is 17.6 Å². The maximum absolute atomic E-state index is 14.5. The van der Waals surface area contributed by atoms with E-state index in [4.69, 9.17) is 11.6 Å². The minimum Gasteiger partial charge on any atom is -0.242 e. The summed E-state index contributed by atoms with van der Waals surface area (Å²) in [6, 6.07) is 7.41. The first kappa shape index (κ1) is 18.3. The van der Waals surface area contributed by atoms with Crippen LogP contribution in [0.1, 0.15) is 71.2 Å². The van der Waals surface area contributed by atoms with Gasteiger partial charge in [0, 0.05) is 23.3 Å². The van der Waals surface area contributed by atoms with Crippen molar-refractivity contribution in [1.82, 2.24) is 0 Å². The number of fused-ring (bicyclic) bond motifs is 2. The lowest BCUT2D eigenvalue weighted by molar-refractivity contribution is -0.00990. The van der Waals surface area contributed by atoms with Crippen molar-refractivity contribution in [2.24, 2.45) is 0 Å². The van der Waals surface area contributed by atoms with Gasteiger partial charge in [-0.05, 0) is 58.9 Å². The molecule has 2 aliphatic rings. The molecule has 1 nitrogen and oxygen atoms in total. The lowest BCUT2D eigenvalue weighted by Gasteiger charge is -2.30. The molecule has 0 saturated carbocycles. The maximum atomic E-state index is 14.5. The quantitative estimate of drug-likeness (QED) is 0.502. The molecule has 0 saturated heterocycles. The third kappa shape index (κ3) is 2.73. The Kier molecular flexibility index (Phi) is 4.23. The van der Waals surface area contributed by atoms with Crippen LogP contribution in [-0.2, 0) is 6.42 Å². The van der Waals surface area contributed by atoms with Crippen molar-refractivity contribution in [3.05, 3.63) is 68.5 Å². The van der Waals surface area contributed by atoms with E-state index in [2.05, 4.69) is 0 Å². The second-order valence-corrected chi connectivity index (χ2v) is 7.76. The van der Waals surface area contributed by atoms with Gasteiger partial charge < -0.3 is 0 Å². The number of alkyl halides is 3. The largest absolute Gasteiger partial charge is 0.258 e. The fraction of sp³-hybridized carbons (Fsp3) is 0.381. The van der Waals surface area contributed by atoms with Crippen LogP contribution in [0.2, 0.25) is 5.02 Å². The first-order valence-electron chi connectivity index (χ1n) is 8.81. The molecule has 0 radical (unpaired) electrons. The molecule has 0 fully saturated rings. The van der Waals surface area contributed by atoms with Gasteiger partial charge in [-0.1, -0.05) is 24.6 Å². The van der Waals surface area contributed by atoms with Crippen molar-refractivity contribution in [1.29, 1.82) is 5.26 Å². The monoisotopic (exact) mass is 393 g/mol. The summed E-state index contributed by atoms with van der Waals surface area (Å²) >= 11 is 6.21. The van der Waals surface area contributed by atoms with Gasteiger partial charge in [-0.15, -0.1) is 0 Å². The van der Waals surface area contributed by atoms with Crippen molar-refractivity contribution in [3.8, 4) is 6.07 Å². The van der Waals surface area contributed by atoms with E-state index in [1.54, 1.807) is 12.1 Å². The van der Waals surface area contributed by atoms with Crippen LogP contribution in [0.15, 0.2) is 24.3 Å². The molecule has 0 heterocycles. The summed E-state index contributed by atoms with van der Waals surface area (Å²) in [5.74, 6) is -5.03. The van der Waals surface area contributed by atoms with Crippen LogP contribution >= 0.6 is 11.6 Å². The van der Waals surface area contributed by atoms with Crippen molar-refractivity contribution in [2.75, 3.05) is 0 Å². The number of benzene rings is 2. The fourth-order valence-electron chi connectivity index (χ4n) is 4.55. The Hall–Kier alpha value is -2.06. The summed E-state index contributed by atoms with van der Waals surface area (Å²) in [7, 11) is 0. The van der Waals surface area contributed by atoms with E-state index in [9.17, 15) is 22.8 Å². The summed E-state index contributed by atoms with van der Waals surface area (Å²) < 4.78 is 57.1. The molecule has 0 bridgehead atoms. The molecule has 4 rings (SSSR count). The summed E-state index contributed by atoms with van der Waals surface area (Å²) in [5.41, 5.74) is 2.13. The molecule has 2 aromatic carbocycles. The molecular formula is C21H16ClF4N. The molecular weight excluding hydrogens is 378 g/mol. The van der Waals surface area contributed by atoms with Gasteiger partial charge in [0.2, 0.25) is 0 Å². The van der Waals surface area contributed by atoms with Crippen LogP contribution in [-0.4, -0.2) is 5.92 Å². The van der Waals surface area contributed by atoms with Gasteiger partial charge in [-0.25, -0.2) is 17.6 Å². The topological polar surface area (TPSA) is 23.8 Å². The van der Waals surface area contributed by atoms with Crippen molar-refractivity contribution in [2.45, 2.75) is 50.1 Å². The van der Waals surface area contributed by atoms with E-state index >= 15 is 0 Å². The molecule has 0 spiro atoms. The zero-order valence-electron chi connectivity index (χ0n) is 14.5. The Morgan fingerprint density at radius 3 is 2.59 bits per heavy atom. The van der Waals surface area contributed by atoms with Crippen LogP contribution < -0.4 is 0 Å². The number of nitriles is 1. The zero-order valence-corrected chi connectivity index (χ0v) is 15.3. The van der Waals surface area contributed by atoms with Gasteiger partial charge >= 0.3 is 0 Å². The molecule has 2 aromatic rings. The van der Waals surface area contributed by atoms with Crippen LogP contribution in [0.25, 0.3) is 0 Å². The van der Waals surface area contributed by atoms with Crippen molar-refractivity contribution in [3.63, 3.8) is 0 Å². The van der Waals surface area contributed by atoms with Gasteiger partial charge in [0.15, 0.2) is 0 Å². The molecule has 140 valence electrons. The van der Waals surface area contributed by atoms with E-state index in [-0.39, 0.29) is 22.6 Å². The minimum absolute atomic E-state index is 0.0545. The van der Waals surface area contributed by atoms with E-state index in [1.807, 2.05) is 6.07 Å². The average Bonchev–Trinajstić information content (AvgIpc) is 2.86. The molecule has 2 aliphatic carbocycles. The smallest absolute Gasteiger partial charge is 0.242 e. The van der Waals surface area contributed by atoms with Gasteiger partial charge in [-0.2, -0.15) is 5.26 Å². The highest BCUT2D eigenvalue weighted by atomic mass is 35.5. The highest BCUT2D eigenvalue weighted by Gasteiger charge is 2.47. The number of halogens is 5. The Morgan fingerprint density at radius 1 is 1.15 bits per heavy atom. The molecule has 0 aliphatic heterocycles. The Morgan fingerprint density at radius 2 is 1.89 bits per heavy atom. The van der Waals surface area contributed by atoms with Gasteiger partial charge in [0.05, 0.1) is 11.6 Å². The first-order valence-corrected chi connectivity index (χ1v) is 9.19. The molecule has 6 heteroatoms. The van der Waals surface area contributed by atoms with Crippen molar-refractivity contribution >= 4 is 11.6 Å². The SMILES string of the molecule is C[C@H]1c2c(Cl)ccc([C@H]3CC[C@H](F)c4cc(F)cc(C#N)c43)c2CC1(F)F. The minimum atomic E-state index is -2.91. The average molecular weight is 394 g/mol. The van der Waals surface area contributed by atoms with Gasteiger partial charge in [0.25, 0.3) is 5.92 Å². The molecule has 0 amide bonds. The number of hydrogen-bond donors (Lipinski definition) is 0. The summed E-state index contributed by atoms with van der Waals surface area (Å²) in [5, 5.41) is 9.74.